The first-order valence-electron chi connectivity index (χ1n) is 6.29. The van der Waals surface area contributed by atoms with Crippen molar-refractivity contribution in [2.75, 3.05) is 7.05 Å². The molecule has 1 N–H and O–H groups in total. The van der Waals surface area contributed by atoms with Gasteiger partial charge >= 0.3 is 0 Å². The van der Waals surface area contributed by atoms with Crippen LogP contribution < -0.4 is 5.32 Å². The molecule has 0 spiro atoms. The largest absolute Gasteiger partial charge is 0.309 e. The summed E-state index contributed by atoms with van der Waals surface area (Å²) in [4.78, 5) is 1.12. The molecule has 4 heteroatoms. The Morgan fingerprint density at radius 3 is 2.70 bits per heavy atom. The third-order valence-electron chi connectivity index (χ3n) is 3.29. The van der Waals surface area contributed by atoms with Crippen LogP contribution in [0, 0.1) is 5.82 Å². The molecule has 0 fully saturated rings. The van der Waals surface area contributed by atoms with Crippen LogP contribution in [0.4, 0.5) is 4.39 Å². The average Bonchev–Trinajstić information content (AvgIpc) is 2.87. The molecule has 2 aromatic carbocycles. The zero-order chi connectivity index (χ0) is 14.1. The molecule has 0 aliphatic heterocycles. The topological polar surface area (TPSA) is 12.0 Å². The molecule has 0 radical (unpaired) electrons. The molecule has 1 nitrogen and oxygen atoms in total. The number of hydrogen-bond donors (Lipinski definition) is 1. The molecule has 1 unspecified atom stereocenters. The van der Waals surface area contributed by atoms with Crippen LogP contribution in [0.1, 0.15) is 16.5 Å². The molecule has 0 saturated carbocycles. The van der Waals surface area contributed by atoms with E-state index < -0.39 is 0 Å². The molecule has 3 aromatic rings. The summed E-state index contributed by atoms with van der Waals surface area (Å²) >= 11 is 5.10. The van der Waals surface area contributed by atoms with Crippen LogP contribution in [-0.4, -0.2) is 7.05 Å². The Morgan fingerprint density at radius 2 is 1.95 bits per heavy atom. The molecule has 1 atom stereocenters. The van der Waals surface area contributed by atoms with Gasteiger partial charge in [-0.1, -0.05) is 34.1 Å². The van der Waals surface area contributed by atoms with Gasteiger partial charge in [0.2, 0.25) is 0 Å². The molecule has 0 amide bonds. The Bertz CT molecular complexity index is 720. The zero-order valence-electron chi connectivity index (χ0n) is 10.9. The third-order valence-corrected chi connectivity index (χ3v) is 4.96. The van der Waals surface area contributed by atoms with E-state index in [1.54, 1.807) is 17.4 Å². The van der Waals surface area contributed by atoms with Gasteiger partial charge in [-0.3, -0.25) is 0 Å². The first-order valence-corrected chi connectivity index (χ1v) is 7.90. The summed E-state index contributed by atoms with van der Waals surface area (Å²) in [6, 6.07) is 15.3. The van der Waals surface area contributed by atoms with Crippen LogP contribution in [0.2, 0.25) is 0 Å². The van der Waals surface area contributed by atoms with Crippen molar-refractivity contribution in [1.82, 2.24) is 5.32 Å². The summed E-state index contributed by atoms with van der Waals surface area (Å²) in [5, 5.41) is 4.41. The Morgan fingerprint density at radius 1 is 1.15 bits per heavy atom. The minimum atomic E-state index is -0.190. The summed E-state index contributed by atoms with van der Waals surface area (Å²) in [7, 11) is 1.86. The van der Waals surface area contributed by atoms with Gasteiger partial charge in [0.15, 0.2) is 0 Å². The first kappa shape index (κ1) is 13.7. The number of fused-ring (bicyclic) bond motifs is 1. The van der Waals surface area contributed by atoms with E-state index in [0.717, 1.165) is 9.35 Å². The normalized spacial score (nSPS) is 12.8. The fourth-order valence-corrected chi connectivity index (χ4v) is 3.90. The maximum absolute atomic E-state index is 14.1. The van der Waals surface area contributed by atoms with Gasteiger partial charge in [-0.25, -0.2) is 4.39 Å². The lowest BCUT2D eigenvalue weighted by molar-refractivity contribution is 0.579. The number of rotatable bonds is 3. The van der Waals surface area contributed by atoms with Crippen molar-refractivity contribution in [2.24, 2.45) is 0 Å². The summed E-state index contributed by atoms with van der Waals surface area (Å²) in [5.41, 5.74) is 0.661. The SMILES string of the molecule is CNC(c1cc2ccccc2s1)c1cc(Br)ccc1F. The van der Waals surface area contributed by atoms with Crippen molar-refractivity contribution >= 4 is 37.4 Å². The highest BCUT2D eigenvalue weighted by molar-refractivity contribution is 9.10. The van der Waals surface area contributed by atoms with Crippen molar-refractivity contribution in [3.05, 3.63) is 69.3 Å². The van der Waals surface area contributed by atoms with E-state index in [1.165, 1.54) is 16.2 Å². The van der Waals surface area contributed by atoms with E-state index >= 15 is 0 Å². The van der Waals surface area contributed by atoms with Crippen molar-refractivity contribution in [2.45, 2.75) is 6.04 Å². The van der Waals surface area contributed by atoms with Crippen molar-refractivity contribution in [3.8, 4) is 0 Å². The van der Waals surface area contributed by atoms with E-state index in [2.05, 4.69) is 39.4 Å². The summed E-state index contributed by atoms with van der Waals surface area (Å²) in [5.74, 6) is -0.190. The third kappa shape index (κ3) is 2.51. The minimum Gasteiger partial charge on any atom is -0.309 e. The van der Waals surface area contributed by atoms with Crippen LogP contribution in [0.3, 0.4) is 0 Å². The zero-order valence-corrected chi connectivity index (χ0v) is 13.3. The van der Waals surface area contributed by atoms with E-state index in [0.29, 0.717) is 5.56 Å². The number of thiophene rings is 1. The van der Waals surface area contributed by atoms with Gasteiger partial charge in [-0.2, -0.15) is 0 Å². The maximum atomic E-state index is 14.1. The minimum absolute atomic E-state index is 0.134. The smallest absolute Gasteiger partial charge is 0.128 e. The van der Waals surface area contributed by atoms with Gasteiger partial charge in [-0.15, -0.1) is 11.3 Å². The Balaban J connectivity index is 2.11. The fourth-order valence-electron chi connectivity index (χ4n) is 2.33. The molecule has 20 heavy (non-hydrogen) atoms. The van der Waals surface area contributed by atoms with E-state index in [1.807, 2.05) is 25.2 Å². The highest BCUT2D eigenvalue weighted by atomic mass is 79.9. The van der Waals surface area contributed by atoms with Crippen LogP contribution in [0.5, 0.6) is 0 Å². The van der Waals surface area contributed by atoms with Gasteiger partial charge in [-0.05, 0) is 42.8 Å². The Kier molecular flexibility index (Phi) is 3.87. The molecular formula is C16H13BrFNS. The highest BCUT2D eigenvalue weighted by Crippen LogP contribution is 2.34. The van der Waals surface area contributed by atoms with Gasteiger partial charge in [0.1, 0.15) is 5.82 Å². The summed E-state index contributed by atoms with van der Waals surface area (Å²) < 4.78 is 16.2. The second-order valence-corrected chi connectivity index (χ2v) is 6.61. The van der Waals surface area contributed by atoms with Gasteiger partial charge in [0.05, 0.1) is 6.04 Å². The number of nitrogens with one attached hydrogen (secondary N) is 1. The van der Waals surface area contributed by atoms with Crippen LogP contribution in [0.15, 0.2) is 53.0 Å². The predicted octanol–water partition coefficient (Wildman–Crippen LogP) is 5.11. The lowest BCUT2D eigenvalue weighted by Gasteiger charge is -2.16. The van der Waals surface area contributed by atoms with Crippen molar-refractivity contribution in [3.63, 3.8) is 0 Å². The highest BCUT2D eigenvalue weighted by Gasteiger charge is 2.18. The standard InChI is InChI=1S/C16H13BrFNS/c1-19-16(12-9-11(17)6-7-13(12)18)15-8-10-4-2-3-5-14(10)20-15/h2-9,16,19H,1H3. The fraction of sp³-hybridized carbons (Fsp3) is 0.125. The molecule has 0 saturated heterocycles. The number of halogens is 2. The summed E-state index contributed by atoms with van der Waals surface area (Å²) in [6.45, 7) is 0. The quantitative estimate of drug-likeness (QED) is 0.692. The van der Waals surface area contributed by atoms with Gasteiger partial charge < -0.3 is 5.32 Å². The first-order chi connectivity index (χ1) is 9.69. The van der Waals surface area contributed by atoms with Crippen LogP contribution in [0.25, 0.3) is 10.1 Å². The average molecular weight is 350 g/mol. The van der Waals surface area contributed by atoms with Crippen LogP contribution >= 0.6 is 27.3 Å². The van der Waals surface area contributed by atoms with Crippen LogP contribution in [-0.2, 0) is 0 Å². The molecule has 0 aliphatic rings. The Hall–Kier alpha value is -1.23. The van der Waals surface area contributed by atoms with Crippen molar-refractivity contribution in [1.29, 1.82) is 0 Å². The monoisotopic (exact) mass is 349 g/mol. The molecule has 0 aliphatic carbocycles. The van der Waals surface area contributed by atoms with Gasteiger partial charge in [0, 0.05) is 19.6 Å². The van der Waals surface area contributed by atoms with E-state index in [-0.39, 0.29) is 11.9 Å². The lowest BCUT2D eigenvalue weighted by atomic mass is 10.0. The second kappa shape index (κ2) is 5.64. The number of hydrogen-bond acceptors (Lipinski definition) is 2. The molecule has 0 bridgehead atoms. The van der Waals surface area contributed by atoms with E-state index in [4.69, 9.17) is 0 Å². The maximum Gasteiger partial charge on any atom is 0.128 e. The second-order valence-electron chi connectivity index (χ2n) is 4.57. The molecule has 1 heterocycles. The Labute approximate surface area is 129 Å². The predicted molar refractivity (Wildman–Crippen MR) is 86.8 cm³/mol. The van der Waals surface area contributed by atoms with E-state index in [9.17, 15) is 4.39 Å². The molecule has 1 aromatic heterocycles. The summed E-state index contributed by atoms with van der Waals surface area (Å²) in [6.07, 6.45) is 0. The molecular weight excluding hydrogens is 337 g/mol. The lowest BCUT2D eigenvalue weighted by Crippen LogP contribution is -2.17. The molecule has 3 rings (SSSR count). The van der Waals surface area contributed by atoms with Gasteiger partial charge in [0.25, 0.3) is 0 Å². The number of benzene rings is 2. The van der Waals surface area contributed by atoms with Crippen molar-refractivity contribution < 1.29 is 4.39 Å². The molecule has 102 valence electrons.